The van der Waals surface area contributed by atoms with Crippen molar-refractivity contribution in [1.29, 1.82) is 0 Å². The van der Waals surface area contributed by atoms with Crippen LogP contribution in [0.15, 0.2) is 36.5 Å². The molecule has 1 aromatic heterocycles. The van der Waals surface area contributed by atoms with Crippen molar-refractivity contribution < 1.29 is 4.79 Å². The third-order valence-electron chi connectivity index (χ3n) is 3.01. The average Bonchev–Trinajstić information content (AvgIpc) is 2.46. The number of hydrogen-bond acceptors (Lipinski definition) is 2. The predicted molar refractivity (Wildman–Crippen MR) is 81.7 cm³/mol. The van der Waals surface area contributed by atoms with Crippen LogP contribution in [-0.2, 0) is 0 Å². The molecule has 1 heterocycles. The van der Waals surface area contributed by atoms with E-state index in [9.17, 15) is 4.79 Å². The molecule has 19 heavy (non-hydrogen) atoms. The zero-order valence-electron chi connectivity index (χ0n) is 11.0. The average molecular weight is 321 g/mol. The number of carbonyl (C=O) groups excluding carboxylic acids is 1. The van der Waals surface area contributed by atoms with Gasteiger partial charge in [-0.25, -0.2) is 0 Å². The van der Waals surface area contributed by atoms with E-state index in [4.69, 9.17) is 0 Å². The molecule has 0 spiro atoms. The normalized spacial score (nSPS) is 10.6. The molecule has 0 aliphatic heterocycles. The molecule has 0 aliphatic carbocycles. The van der Waals surface area contributed by atoms with Crippen LogP contribution in [0.1, 0.15) is 23.7 Å². The SMILES string of the molecule is CCCN(CCBr)C(=O)c1ccnc2ccccc12. The van der Waals surface area contributed by atoms with Gasteiger partial charge in [-0.2, -0.15) is 0 Å². The van der Waals surface area contributed by atoms with E-state index in [1.54, 1.807) is 6.20 Å². The molecular weight excluding hydrogens is 304 g/mol. The van der Waals surface area contributed by atoms with Gasteiger partial charge < -0.3 is 4.90 Å². The fourth-order valence-electron chi connectivity index (χ4n) is 2.14. The van der Waals surface area contributed by atoms with Crippen LogP contribution >= 0.6 is 15.9 Å². The van der Waals surface area contributed by atoms with E-state index in [1.165, 1.54) is 0 Å². The fraction of sp³-hybridized carbons (Fsp3) is 0.333. The Bertz CT molecular complexity index is 560. The van der Waals surface area contributed by atoms with E-state index in [0.717, 1.165) is 41.3 Å². The lowest BCUT2D eigenvalue weighted by molar-refractivity contribution is 0.0768. The van der Waals surface area contributed by atoms with Gasteiger partial charge in [-0.15, -0.1) is 0 Å². The Morgan fingerprint density at radius 1 is 1.26 bits per heavy atom. The summed E-state index contributed by atoms with van der Waals surface area (Å²) in [5, 5.41) is 1.72. The van der Waals surface area contributed by atoms with Gasteiger partial charge in [0.1, 0.15) is 0 Å². The van der Waals surface area contributed by atoms with Crippen LogP contribution in [0.25, 0.3) is 10.9 Å². The molecule has 100 valence electrons. The number of carbonyl (C=O) groups is 1. The first kappa shape index (κ1) is 14.0. The molecule has 0 saturated carbocycles. The molecule has 2 rings (SSSR count). The van der Waals surface area contributed by atoms with Crippen LogP contribution < -0.4 is 0 Å². The van der Waals surface area contributed by atoms with E-state index in [0.29, 0.717) is 0 Å². The smallest absolute Gasteiger partial charge is 0.254 e. The number of fused-ring (bicyclic) bond motifs is 1. The number of halogens is 1. The lowest BCUT2D eigenvalue weighted by Gasteiger charge is -2.21. The van der Waals surface area contributed by atoms with Crippen LogP contribution in [0.5, 0.6) is 0 Å². The van der Waals surface area contributed by atoms with Crippen LogP contribution in [0.4, 0.5) is 0 Å². The summed E-state index contributed by atoms with van der Waals surface area (Å²) in [7, 11) is 0. The predicted octanol–water partition coefficient (Wildman–Crippen LogP) is 3.48. The number of rotatable bonds is 5. The number of para-hydroxylation sites is 1. The Balaban J connectivity index is 2.39. The maximum atomic E-state index is 12.6. The first-order valence-electron chi connectivity index (χ1n) is 6.47. The second kappa shape index (κ2) is 6.66. The third-order valence-corrected chi connectivity index (χ3v) is 3.37. The summed E-state index contributed by atoms with van der Waals surface area (Å²) in [5.74, 6) is 0.0832. The second-order valence-electron chi connectivity index (χ2n) is 4.36. The van der Waals surface area contributed by atoms with Crippen LogP contribution in [0, 0.1) is 0 Å². The molecule has 0 aliphatic rings. The minimum atomic E-state index is 0.0832. The monoisotopic (exact) mass is 320 g/mol. The van der Waals surface area contributed by atoms with Gasteiger partial charge >= 0.3 is 0 Å². The maximum Gasteiger partial charge on any atom is 0.254 e. The van der Waals surface area contributed by atoms with E-state index in [2.05, 4.69) is 27.8 Å². The van der Waals surface area contributed by atoms with Crippen molar-refractivity contribution in [2.24, 2.45) is 0 Å². The first-order chi connectivity index (χ1) is 9.27. The summed E-state index contributed by atoms with van der Waals surface area (Å²) in [5.41, 5.74) is 1.60. The topological polar surface area (TPSA) is 33.2 Å². The van der Waals surface area contributed by atoms with Gasteiger partial charge in [-0.3, -0.25) is 9.78 Å². The van der Waals surface area contributed by atoms with Crippen LogP contribution in [-0.4, -0.2) is 34.2 Å². The standard InChI is InChI=1S/C15H17BrN2O/c1-2-10-18(11-8-16)15(19)13-7-9-17-14-6-4-3-5-12(13)14/h3-7,9H,2,8,10-11H2,1H3. The molecule has 4 heteroatoms. The largest absolute Gasteiger partial charge is 0.338 e. The number of benzene rings is 1. The van der Waals surface area contributed by atoms with Gasteiger partial charge in [0.25, 0.3) is 5.91 Å². The lowest BCUT2D eigenvalue weighted by Crippen LogP contribution is -2.33. The molecular formula is C15H17BrN2O. The Morgan fingerprint density at radius 2 is 2.05 bits per heavy atom. The summed E-state index contributed by atoms with van der Waals surface area (Å²) in [6, 6.07) is 9.57. The quantitative estimate of drug-likeness (QED) is 0.790. The number of pyridine rings is 1. The van der Waals surface area contributed by atoms with Crippen molar-refractivity contribution in [1.82, 2.24) is 9.88 Å². The van der Waals surface area contributed by atoms with Crippen molar-refractivity contribution in [3.05, 3.63) is 42.1 Å². The number of aromatic nitrogens is 1. The highest BCUT2D eigenvalue weighted by Crippen LogP contribution is 2.18. The fourth-order valence-corrected chi connectivity index (χ4v) is 2.57. The van der Waals surface area contributed by atoms with E-state index in [1.807, 2.05) is 35.2 Å². The maximum absolute atomic E-state index is 12.6. The van der Waals surface area contributed by atoms with Crippen molar-refractivity contribution in [2.75, 3.05) is 18.4 Å². The number of alkyl halides is 1. The molecule has 0 atom stereocenters. The highest BCUT2D eigenvalue weighted by Gasteiger charge is 2.16. The summed E-state index contributed by atoms with van der Waals surface area (Å²) >= 11 is 3.40. The number of nitrogens with zero attached hydrogens (tertiary/aromatic N) is 2. The van der Waals surface area contributed by atoms with Gasteiger partial charge in [-0.1, -0.05) is 41.1 Å². The lowest BCUT2D eigenvalue weighted by atomic mass is 10.1. The first-order valence-corrected chi connectivity index (χ1v) is 7.59. The molecule has 0 fully saturated rings. The Kier molecular flexibility index (Phi) is 4.91. The Hall–Kier alpha value is -1.42. The van der Waals surface area contributed by atoms with Crippen molar-refractivity contribution in [2.45, 2.75) is 13.3 Å². The molecule has 0 radical (unpaired) electrons. The molecule has 1 aromatic carbocycles. The van der Waals surface area contributed by atoms with E-state index < -0.39 is 0 Å². The molecule has 1 amide bonds. The van der Waals surface area contributed by atoms with Crippen LogP contribution in [0.3, 0.4) is 0 Å². The molecule has 3 nitrogen and oxygen atoms in total. The molecule has 0 unspecified atom stereocenters. The molecule has 2 aromatic rings. The third kappa shape index (κ3) is 3.13. The van der Waals surface area contributed by atoms with Crippen molar-refractivity contribution in [3.8, 4) is 0 Å². The highest BCUT2D eigenvalue weighted by atomic mass is 79.9. The second-order valence-corrected chi connectivity index (χ2v) is 5.15. The summed E-state index contributed by atoms with van der Waals surface area (Å²) in [4.78, 5) is 18.8. The minimum Gasteiger partial charge on any atom is -0.338 e. The van der Waals surface area contributed by atoms with Gasteiger partial charge in [0, 0.05) is 30.0 Å². The van der Waals surface area contributed by atoms with E-state index >= 15 is 0 Å². The van der Waals surface area contributed by atoms with Gasteiger partial charge in [0.2, 0.25) is 0 Å². The number of hydrogen-bond donors (Lipinski definition) is 0. The van der Waals surface area contributed by atoms with Gasteiger partial charge in [0.05, 0.1) is 11.1 Å². The number of amides is 1. The Morgan fingerprint density at radius 3 is 2.79 bits per heavy atom. The summed E-state index contributed by atoms with van der Waals surface area (Å²) < 4.78 is 0. The zero-order valence-corrected chi connectivity index (χ0v) is 12.6. The van der Waals surface area contributed by atoms with Crippen molar-refractivity contribution >= 4 is 32.7 Å². The molecule has 0 saturated heterocycles. The zero-order chi connectivity index (χ0) is 13.7. The summed E-state index contributed by atoms with van der Waals surface area (Å²) in [6.45, 7) is 3.59. The minimum absolute atomic E-state index is 0.0832. The highest BCUT2D eigenvalue weighted by molar-refractivity contribution is 9.09. The van der Waals surface area contributed by atoms with Crippen molar-refractivity contribution in [3.63, 3.8) is 0 Å². The molecule has 0 bridgehead atoms. The van der Waals surface area contributed by atoms with Gasteiger partial charge in [-0.05, 0) is 18.6 Å². The summed E-state index contributed by atoms with van der Waals surface area (Å²) in [6.07, 6.45) is 2.66. The molecule has 0 N–H and O–H groups in total. The van der Waals surface area contributed by atoms with Crippen LogP contribution in [0.2, 0.25) is 0 Å². The van der Waals surface area contributed by atoms with Gasteiger partial charge in [0.15, 0.2) is 0 Å². The Labute approximate surface area is 121 Å². The van der Waals surface area contributed by atoms with E-state index in [-0.39, 0.29) is 5.91 Å².